The maximum absolute atomic E-state index is 10.2. The minimum absolute atomic E-state index is 0.0665. The Labute approximate surface area is 124 Å². The second-order valence-corrected chi connectivity index (χ2v) is 5.08. The molecular weight excluding hydrogens is 266 g/mol. The number of hydrogen-bond acceptors (Lipinski definition) is 5. The zero-order valence-corrected chi connectivity index (χ0v) is 12.3. The lowest BCUT2D eigenvalue weighted by Gasteiger charge is -2.16. The molecule has 1 heterocycles. The molecule has 2 rings (SSSR count). The summed E-state index contributed by atoms with van der Waals surface area (Å²) >= 11 is 0. The van der Waals surface area contributed by atoms with Gasteiger partial charge in [0.05, 0.1) is 12.2 Å². The number of nitrogens with one attached hydrogen (secondary N) is 1. The number of nitrogens with two attached hydrogens (primary N) is 1. The second kappa shape index (κ2) is 6.95. The molecule has 21 heavy (non-hydrogen) atoms. The summed E-state index contributed by atoms with van der Waals surface area (Å²) in [6, 6.07) is 10.8. The third-order valence-corrected chi connectivity index (χ3v) is 2.92. The summed E-state index contributed by atoms with van der Waals surface area (Å²) in [6.45, 7) is 4.26. The lowest BCUT2D eigenvalue weighted by Crippen LogP contribution is -2.15. The summed E-state index contributed by atoms with van der Waals surface area (Å²) in [6.07, 6.45) is 1.11. The molecule has 1 unspecified atom stereocenters. The van der Waals surface area contributed by atoms with E-state index in [0.29, 0.717) is 23.8 Å². The van der Waals surface area contributed by atoms with E-state index in [0.717, 1.165) is 5.56 Å². The molecule has 0 saturated carbocycles. The molecule has 0 saturated heterocycles. The van der Waals surface area contributed by atoms with Gasteiger partial charge in [-0.15, -0.1) is 0 Å². The smallest absolute Gasteiger partial charge is 0.168 e. The van der Waals surface area contributed by atoms with E-state index >= 15 is 0 Å². The van der Waals surface area contributed by atoms with Crippen LogP contribution in [0.15, 0.2) is 42.6 Å². The normalized spacial score (nSPS) is 12.2. The first kappa shape index (κ1) is 15.1. The van der Waals surface area contributed by atoms with Gasteiger partial charge in [-0.3, -0.25) is 0 Å². The molecule has 4 N–H and O–H groups in total. The number of rotatable bonds is 6. The van der Waals surface area contributed by atoms with E-state index in [2.05, 4.69) is 10.3 Å². The van der Waals surface area contributed by atoms with Gasteiger partial charge in [-0.05, 0) is 43.7 Å². The fourth-order valence-electron chi connectivity index (χ4n) is 1.90. The SMILES string of the molecule is CC(C)Oc1cccnc1NCC(O)c1ccc(N)cc1. The number of aliphatic hydroxyl groups excluding tert-OH is 1. The van der Waals surface area contributed by atoms with Crippen LogP contribution in [0.5, 0.6) is 5.75 Å². The van der Waals surface area contributed by atoms with Gasteiger partial charge in [-0.25, -0.2) is 4.98 Å². The minimum Gasteiger partial charge on any atom is -0.487 e. The summed E-state index contributed by atoms with van der Waals surface area (Å²) in [5, 5.41) is 13.3. The van der Waals surface area contributed by atoms with Crippen LogP contribution in [-0.2, 0) is 0 Å². The van der Waals surface area contributed by atoms with Crippen LogP contribution in [0, 0.1) is 0 Å². The Morgan fingerprint density at radius 3 is 2.62 bits per heavy atom. The fourth-order valence-corrected chi connectivity index (χ4v) is 1.90. The van der Waals surface area contributed by atoms with Crippen LogP contribution in [0.1, 0.15) is 25.5 Å². The molecule has 1 atom stereocenters. The van der Waals surface area contributed by atoms with Gasteiger partial charge in [0.1, 0.15) is 0 Å². The van der Waals surface area contributed by atoms with E-state index in [-0.39, 0.29) is 6.10 Å². The molecule has 1 aromatic heterocycles. The van der Waals surface area contributed by atoms with Crippen LogP contribution in [0.2, 0.25) is 0 Å². The number of pyridine rings is 1. The average Bonchev–Trinajstić information content (AvgIpc) is 2.46. The van der Waals surface area contributed by atoms with E-state index in [1.165, 1.54) is 0 Å². The first-order valence-corrected chi connectivity index (χ1v) is 6.95. The van der Waals surface area contributed by atoms with Gasteiger partial charge in [0.2, 0.25) is 0 Å². The maximum atomic E-state index is 10.2. The van der Waals surface area contributed by atoms with Gasteiger partial charge in [-0.1, -0.05) is 12.1 Å². The summed E-state index contributed by atoms with van der Waals surface area (Å²) in [5.74, 6) is 1.30. The van der Waals surface area contributed by atoms with E-state index < -0.39 is 6.10 Å². The summed E-state index contributed by atoms with van der Waals surface area (Å²) in [4.78, 5) is 4.24. The zero-order chi connectivity index (χ0) is 15.2. The number of anilines is 2. The highest BCUT2D eigenvalue weighted by Crippen LogP contribution is 2.23. The Kier molecular flexibility index (Phi) is 5.00. The van der Waals surface area contributed by atoms with Crippen molar-refractivity contribution >= 4 is 11.5 Å². The molecule has 2 aromatic rings. The fraction of sp³-hybridized carbons (Fsp3) is 0.312. The molecule has 0 fully saturated rings. The highest BCUT2D eigenvalue weighted by atomic mass is 16.5. The topological polar surface area (TPSA) is 80.4 Å². The Hall–Kier alpha value is -2.27. The van der Waals surface area contributed by atoms with Crippen LogP contribution in [0.3, 0.4) is 0 Å². The molecule has 0 radical (unpaired) electrons. The van der Waals surface area contributed by atoms with Gasteiger partial charge >= 0.3 is 0 Å². The van der Waals surface area contributed by atoms with Gasteiger partial charge in [0.25, 0.3) is 0 Å². The Bertz CT molecular complexity index is 570. The van der Waals surface area contributed by atoms with Crippen molar-refractivity contribution in [2.75, 3.05) is 17.6 Å². The molecule has 5 nitrogen and oxygen atoms in total. The number of aliphatic hydroxyl groups is 1. The van der Waals surface area contributed by atoms with Crippen molar-refractivity contribution in [1.82, 2.24) is 4.98 Å². The predicted molar refractivity (Wildman–Crippen MR) is 84.3 cm³/mol. The van der Waals surface area contributed by atoms with Crippen LogP contribution in [0.4, 0.5) is 11.5 Å². The van der Waals surface area contributed by atoms with E-state index in [4.69, 9.17) is 10.5 Å². The van der Waals surface area contributed by atoms with Gasteiger partial charge in [0, 0.05) is 18.4 Å². The van der Waals surface area contributed by atoms with Crippen molar-refractivity contribution in [2.24, 2.45) is 0 Å². The number of benzene rings is 1. The lowest BCUT2D eigenvalue weighted by atomic mass is 10.1. The van der Waals surface area contributed by atoms with Gasteiger partial charge in [0.15, 0.2) is 11.6 Å². The number of nitrogen functional groups attached to an aromatic ring is 1. The minimum atomic E-state index is -0.639. The molecule has 1 aromatic carbocycles. The van der Waals surface area contributed by atoms with Crippen molar-refractivity contribution in [3.05, 3.63) is 48.2 Å². The van der Waals surface area contributed by atoms with Gasteiger partial charge in [-0.2, -0.15) is 0 Å². The highest BCUT2D eigenvalue weighted by Gasteiger charge is 2.10. The largest absolute Gasteiger partial charge is 0.487 e. The van der Waals surface area contributed by atoms with Gasteiger partial charge < -0.3 is 20.9 Å². The molecule has 0 aliphatic rings. The Balaban J connectivity index is 2.01. The summed E-state index contributed by atoms with van der Waals surface area (Å²) in [5.41, 5.74) is 7.12. The van der Waals surface area contributed by atoms with Crippen LogP contribution in [-0.4, -0.2) is 22.7 Å². The van der Waals surface area contributed by atoms with Crippen molar-refractivity contribution in [2.45, 2.75) is 26.1 Å². The van der Waals surface area contributed by atoms with Crippen LogP contribution >= 0.6 is 0 Å². The molecule has 112 valence electrons. The number of aromatic nitrogens is 1. The number of hydrogen-bond donors (Lipinski definition) is 3. The first-order valence-electron chi connectivity index (χ1n) is 6.95. The van der Waals surface area contributed by atoms with Crippen molar-refractivity contribution < 1.29 is 9.84 Å². The molecular formula is C16H21N3O2. The molecule has 5 heteroatoms. The quantitative estimate of drug-likeness (QED) is 0.712. The lowest BCUT2D eigenvalue weighted by molar-refractivity contribution is 0.191. The maximum Gasteiger partial charge on any atom is 0.168 e. The van der Waals surface area contributed by atoms with Crippen LogP contribution in [0.25, 0.3) is 0 Å². The number of nitrogens with zero attached hydrogens (tertiary/aromatic N) is 1. The Morgan fingerprint density at radius 2 is 1.95 bits per heavy atom. The average molecular weight is 287 g/mol. The molecule has 0 aliphatic carbocycles. The predicted octanol–water partition coefficient (Wildman–Crippen LogP) is 2.60. The van der Waals surface area contributed by atoms with Crippen molar-refractivity contribution in [1.29, 1.82) is 0 Å². The molecule has 0 amide bonds. The monoisotopic (exact) mass is 287 g/mol. The van der Waals surface area contributed by atoms with Crippen molar-refractivity contribution in [3.8, 4) is 5.75 Å². The first-order chi connectivity index (χ1) is 10.1. The molecule has 0 bridgehead atoms. The molecule has 0 spiro atoms. The summed E-state index contributed by atoms with van der Waals surface area (Å²) in [7, 11) is 0. The molecule has 0 aliphatic heterocycles. The zero-order valence-electron chi connectivity index (χ0n) is 12.3. The Morgan fingerprint density at radius 1 is 1.24 bits per heavy atom. The second-order valence-electron chi connectivity index (χ2n) is 5.08. The van der Waals surface area contributed by atoms with Crippen LogP contribution < -0.4 is 15.8 Å². The van der Waals surface area contributed by atoms with E-state index in [1.54, 1.807) is 18.3 Å². The van der Waals surface area contributed by atoms with E-state index in [1.807, 2.05) is 38.1 Å². The highest BCUT2D eigenvalue weighted by molar-refractivity contribution is 5.50. The van der Waals surface area contributed by atoms with E-state index in [9.17, 15) is 5.11 Å². The van der Waals surface area contributed by atoms with Crippen molar-refractivity contribution in [3.63, 3.8) is 0 Å². The summed E-state index contributed by atoms with van der Waals surface area (Å²) < 4.78 is 5.68. The third-order valence-electron chi connectivity index (χ3n) is 2.92. The number of ether oxygens (including phenoxy) is 1. The third kappa shape index (κ3) is 4.36. The standard InChI is InChI=1S/C16H21N3O2/c1-11(2)21-15-4-3-9-18-16(15)19-10-14(20)12-5-7-13(17)8-6-12/h3-9,11,14,20H,10,17H2,1-2H3,(H,18,19).